The Morgan fingerprint density at radius 1 is 0.973 bits per heavy atom. The molecule has 1 N–H and O–H groups in total. The predicted molar refractivity (Wildman–Crippen MR) is 149 cm³/mol. The molecule has 1 aliphatic carbocycles. The van der Waals surface area contributed by atoms with Crippen LogP contribution >= 0.6 is 11.8 Å². The maximum atomic E-state index is 13.4. The minimum Gasteiger partial charge on any atom is -0.340 e. The molecule has 0 radical (unpaired) electrons. The summed E-state index contributed by atoms with van der Waals surface area (Å²) >= 11 is 1.60. The number of nitrogens with zero attached hydrogens (tertiary/aromatic N) is 4. The Morgan fingerprint density at radius 2 is 1.65 bits per heavy atom. The molecule has 0 aromatic heterocycles. The monoisotopic (exact) mass is 540 g/mol. The first-order valence-electron chi connectivity index (χ1n) is 13.5. The van der Waals surface area contributed by atoms with Crippen molar-refractivity contribution in [3.05, 3.63) is 46.5 Å². The zero-order chi connectivity index (χ0) is 27.0. The van der Waals surface area contributed by atoms with Crippen LogP contribution in [0.1, 0.15) is 31.7 Å². The lowest BCUT2D eigenvalue weighted by atomic mass is 10.1. The third-order valence-corrected chi connectivity index (χ3v) is 8.30. The SMILES string of the molecule is CCN(C)C.CN(C)CC[NH+]1CCN(CCCN2C3=CCCC=C3Sc3ccc(C(F)(F)F)cc32)CC1. The number of hydrogen-bond acceptors (Lipinski definition) is 5. The van der Waals surface area contributed by atoms with Crippen LogP contribution in [0.3, 0.4) is 0 Å². The number of alkyl halides is 3. The lowest BCUT2D eigenvalue weighted by molar-refractivity contribution is -0.904. The van der Waals surface area contributed by atoms with Crippen LogP contribution < -0.4 is 9.80 Å². The van der Waals surface area contributed by atoms with Gasteiger partial charge in [-0.25, -0.2) is 0 Å². The molecule has 5 nitrogen and oxygen atoms in total. The van der Waals surface area contributed by atoms with Crippen LogP contribution in [0, 0.1) is 0 Å². The molecule has 0 unspecified atom stereocenters. The van der Waals surface area contributed by atoms with E-state index in [0.29, 0.717) is 5.69 Å². The second kappa shape index (κ2) is 14.0. The van der Waals surface area contributed by atoms with Crippen molar-refractivity contribution in [3.8, 4) is 0 Å². The van der Waals surface area contributed by atoms with Crippen molar-refractivity contribution < 1.29 is 18.1 Å². The average Bonchev–Trinajstić information content (AvgIpc) is 2.87. The van der Waals surface area contributed by atoms with Gasteiger partial charge in [-0.15, -0.1) is 0 Å². The number of piperazine rings is 1. The minimum atomic E-state index is -4.32. The molecular formula is C28H45F3N5S+. The average molecular weight is 541 g/mol. The van der Waals surface area contributed by atoms with E-state index in [1.165, 1.54) is 36.7 Å². The number of quaternary nitrogens is 1. The van der Waals surface area contributed by atoms with Gasteiger partial charge in [-0.05, 0) is 72.2 Å². The molecule has 0 spiro atoms. The summed E-state index contributed by atoms with van der Waals surface area (Å²) in [6.07, 6.45) is 2.98. The number of likely N-dealkylation sites (N-methyl/N-ethyl adjacent to an activating group) is 1. The topological polar surface area (TPSA) is 17.4 Å². The van der Waals surface area contributed by atoms with Gasteiger partial charge >= 0.3 is 6.18 Å². The highest BCUT2D eigenvalue weighted by Crippen LogP contribution is 2.49. The minimum absolute atomic E-state index is 0.567. The van der Waals surface area contributed by atoms with Crippen molar-refractivity contribution in [1.82, 2.24) is 14.7 Å². The van der Waals surface area contributed by atoms with Crippen molar-refractivity contribution in [2.45, 2.75) is 37.3 Å². The van der Waals surface area contributed by atoms with Crippen LogP contribution in [-0.4, -0.2) is 102 Å². The largest absolute Gasteiger partial charge is 0.416 e. The molecule has 37 heavy (non-hydrogen) atoms. The number of fused-ring (bicyclic) bond motifs is 2. The lowest BCUT2D eigenvalue weighted by Gasteiger charge is -2.37. The number of rotatable bonds is 8. The molecule has 0 saturated carbocycles. The van der Waals surface area contributed by atoms with Crippen molar-refractivity contribution in [1.29, 1.82) is 0 Å². The van der Waals surface area contributed by atoms with Crippen molar-refractivity contribution in [2.24, 2.45) is 0 Å². The zero-order valence-corrected chi connectivity index (χ0v) is 24.0. The standard InChI is InChI=1S/C24H33F3N4S.C4H11N/c1-28(2)12-13-30-16-14-29(15-17-30)10-5-11-31-20-6-3-4-7-22(20)32-23-9-8-19(18-21(23)31)24(25,26)27;1-4-5(2)3/h6-9,18H,3-5,10-17H2,1-2H3;4H2,1-3H3/p+1. The van der Waals surface area contributed by atoms with E-state index in [1.54, 1.807) is 22.7 Å². The molecule has 4 rings (SSSR count). The Morgan fingerprint density at radius 3 is 2.27 bits per heavy atom. The summed E-state index contributed by atoms with van der Waals surface area (Å²) in [7, 11) is 8.35. The van der Waals surface area contributed by atoms with Gasteiger partial charge in [-0.2, -0.15) is 13.2 Å². The fourth-order valence-corrected chi connectivity index (χ4v) is 5.78. The summed E-state index contributed by atoms with van der Waals surface area (Å²) in [6, 6.07) is 4.18. The highest BCUT2D eigenvalue weighted by molar-refractivity contribution is 8.03. The van der Waals surface area contributed by atoms with Gasteiger partial charge in [0.15, 0.2) is 0 Å². The summed E-state index contributed by atoms with van der Waals surface area (Å²) < 4.78 is 40.1. The molecule has 0 amide bonds. The van der Waals surface area contributed by atoms with E-state index < -0.39 is 11.7 Å². The Labute approximate surface area is 225 Å². The molecule has 0 bridgehead atoms. The lowest BCUT2D eigenvalue weighted by Crippen LogP contribution is -3.15. The molecule has 208 valence electrons. The van der Waals surface area contributed by atoms with Crippen LogP contribution in [0.5, 0.6) is 0 Å². The molecule has 1 fully saturated rings. The van der Waals surface area contributed by atoms with E-state index in [4.69, 9.17) is 0 Å². The van der Waals surface area contributed by atoms with Crippen LogP contribution in [0.4, 0.5) is 18.9 Å². The summed E-state index contributed by atoms with van der Waals surface area (Å²) in [5.41, 5.74) is 1.22. The van der Waals surface area contributed by atoms with Gasteiger partial charge < -0.3 is 19.6 Å². The summed E-state index contributed by atoms with van der Waals surface area (Å²) in [4.78, 5) is 12.8. The first kappa shape index (κ1) is 30.0. The normalized spacial score (nSPS) is 18.7. The Hall–Kier alpha value is -1.52. The van der Waals surface area contributed by atoms with Gasteiger partial charge in [-0.1, -0.05) is 30.8 Å². The Kier molecular flexibility index (Phi) is 11.4. The highest BCUT2D eigenvalue weighted by Gasteiger charge is 2.34. The highest BCUT2D eigenvalue weighted by atomic mass is 32.2. The number of allylic oxidation sites excluding steroid dienone is 2. The first-order valence-corrected chi connectivity index (χ1v) is 14.3. The summed E-state index contributed by atoms with van der Waals surface area (Å²) in [5, 5.41) is 0. The number of nitrogens with one attached hydrogen (secondary N) is 1. The molecule has 0 atom stereocenters. The molecule has 2 heterocycles. The Balaban J connectivity index is 0.000000695. The summed E-state index contributed by atoms with van der Waals surface area (Å²) in [6.45, 7) is 11.8. The second-order valence-electron chi connectivity index (χ2n) is 10.6. The third-order valence-electron chi connectivity index (χ3n) is 7.14. The van der Waals surface area contributed by atoms with E-state index in [-0.39, 0.29) is 0 Å². The maximum Gasteiger partial charge on any atom is 0.416 e. The van der Waals surface area contributed by atoms with Crippen molar-refractivity contribution >= 4 is 17.4 Å². The van der Waals surface area contributed by atoms with Crippen LogP contribution in [0.2, 0.25) is 0 Å². The van der Waals surface area contributed by atoms with Gasteiger partial charge in [0.2, 0.25) is 0 Å². The predicted octanol–water partition coefficient (Wildman–Crippen LogP) is 3.90. The van der Waals surface area contributed by atoms with E-state index in [2.05, 4.69) is 66.9 Å². The van der Waals surface area contributed by atoms with Crippen molar-refractivity contribution in [2.75, 3.05) is 92.0 Å². The van der Waals surface area contributed by atoms with Gasteiger partial charge in [0, 0.05) is 42.5 Å². The van der Waals surface area contributed by atoms with Crippen molar-refractivity contribution in [3.63, 3.8) is 0 Å². The van der Waals surface area contributed by atoms with Crippen LogP contribution in [-0.2, 0) is 6.18 Å². The number of halogens is 3. The summed E-state index contributed by atoms with van der Waals surface area (Å²) in [5.74, 6) is 0. The van der Waals surface area contributed by atoms with E-state index in [0.717, 1.165) is 69.1 Å². The quantitative estimate of drug-likeness (QED) is 0.537. The molecule has 9 heteroatoms. The van der Waals surface area contributed by atoms with E-state index >= 15 is 0 Å². The Bertz CT molecular complexity index is 921. The van der Waals surface area contributed by atoms with E-state index in [1.807, 2.05) is 0 Å². The van der Waals surface area contributed by atoms with E-state index in [9.17, 15) is 13.2 Å². The first-order chi connectivity index (χ1) is 17.6. The van der Waals surface area contributed by atoms with Gasteiger partial charge in [0.1, 0.15) is 0 Å². The maximum absolute atomic E-state index is 13.4. The molecule has 3 aliphatic rings. The smallest absolute Gasteiger partial charge is 0.340 e. The van der Waals surface area contributed by atoms with Gasteiger partial charge in [0.25, 0.3) is 0 Å². The molecule has 2 aliphatic heterocycles. The third kappa shape index (κ3) is 9.03. The molecule has 1 aromatic carbocycles. The van der Waals surface area contributed by atoms with Crippen LogP contribution in [0.15, 0.2) is 45.8 Å². The number of hydrogen-bond donors (Lipinski definition) is 1. The fraction of sp³-hybridized carbons (Fsp3) is 0.643. The number of thioether (sulfide) groups is 1. The number of anilines is 1. The van der Waals surface area contributed by atoms with Gasteiger partial charge in [0.05, 0.1) is 36.6 Å². The second-order valence-corrected chi connectivity index (χ2v) is 11.6. The molecule has 1 aromatic rings. The molecule has 1 saturated heterocycles. The molecular weight excluding hydrogens is 495 g/mol. The number of benzene rings is 1. The van der Waals surface area contributed by atoms with Crippen LogP contribution in [0.25, 0.3) is 0 Å². The zero-order valence-electron chi connectivity index (χ0n) is 23.2. The fourth-order valence-electron chi connectivity index (χ4n) is 4.63. The van der Waals surface area contributed by atoms with Gasteiger partial charge in [-0.3, -0.25) is 4.90 Å².